The second kappa shape index (κ2) is 5.01. The number of hydrogen-bond donors (Lipinski definition) is 2. The van der Waals surface area contributed by atoms with Gasteiger partial charge < -0.3 is 15.2 Å². The van der Waals surface area contributed by atoms with E-state index < -0.39 is 0 Å². The molecule has 0 aromatic carbocycles. The van der Waals surface area contributed by atoms with E-state index in [1.165, 1.54) is 16.5 Å². The van der Waals surface area contributed by atoms with Crippen LogP contribution in [0.15, 0.2) is 30.6 Å². The molecule has 0 atom stereocenters. The monoisotopic (exact) mass is 272 g/mol. The molecule has 2 aromatic rings. The zero-order chi connectivity index (χ0) is 13.2. The third kappa shape index (κ3) is 2.21. The van der Waals surface area contributed by atoms with E-state index in [0.717, 1.165) is 30.3 Å². The first kappa shape index (κ1) is 12.2. The summed E-state index contributed by atoms with van der Waals surface area (Å²) in [5, 5.41) is 5.03. The van der Waals surface area contributed by atoms with Crippen molar-refractivity contribution >= 4 is 33.9 Å². The number of fused-ring (bicyclic) bond motifs is 1. The summed E-state index contributed by atoms with van der Waals surface area (Å²) in [4.78, 5) is 9.73. The van der Waals surface area contributed by atoms with Gasteiger partial charge in [-0.25, -0.2) is 4.98 Å². The second-order valence-corrected chi connectivity index (χ2v) is 4.97. The van der Waals surface area contributed by atoms with Crippen LogP contribution < -0.4 is 5.32 Å². The summed E-state index contributed by atoms with van der Waals surface area (Å²) in [5.74, 6) is 0. The van der Waals surface area contributed by atoms with Crippen LogP contribution in [0.3, 0.4) is 0 Å². The molecule has 0 amide bonds. The number of rotatable bonds is 1. The Morgan fingerprint density at radius 1 is 1.53 bits per heavy atom. The highest BCUT2D eigenvalue weighted by molar-refractivity contribution is 7.80. The maximum Gasteiger partial charge on any atom is 0.168 e. The van der Waals surface area contributed by atoms with Crippen molar-refractivity contribution in [1.82, 2.24) is 20.2 Å². The van der Waals surface area contributed by atoms with E-state index in [4.69, 9.17) is 12.2 Å². The summed E-state index contributed by atoms with van der Waals surface area (Å²) in [5.41, 5.74) is 3.58. The third-order valence-electron chi connectivity index (χ3n) is 3.51. The van der Waals surface area contributed by atoms with Gasteiger partial charge in [0.1, 0.15) is 5.65 Å². The SMILES string of the molecule is CNC(=S)N1CC=C(c2c[nH]c3ncccc23)CC1. The van der Waals surface area contributed by atoms with Crippen molar-refractivity contribution in [2.45, 2.75) is 6.42 Å². The molecule has 1 aliphatic heterocycles. The molecule has 5 heteroatoms. The molecule has 4 nitrogen and oxygen atoms in total. The van der Waals surface area contributed by atoms with Gasteiger partial charge in [0.2, 0.25) is 0 Å². The van der Waals surface area contributed by atoms with E-state index in [1.54, 1.807) is 0 Å². The van der Waals surface area contributed by atoms with Gasteiger partial charge in [0.05, 0.1) is 0 Å². The molecular weight excluding hydrogens is 256 g/mol. The highest BCUT2D eigenvalue weighted by Gasteiger charge is 2.16. The highest BCUT2D eigenvalue weighted by Crippen LogP contribution is 2.28. The van der Waals surface area contributed by atoms with Gasteiger partial charge in [-0.15, -0.1) is 0 Å². The Hall–Kier alpha value is -1.88. The lowest BCUT2D eigenvalue weighted by molar-refractivity contribution is 0.455. The molecule has 0 fully saturated rings. The predicted molar refractivity (Wildman–Crippen MR) is 81.9 cm³/mol. The largest absolute Gasteiger partial charge is 0.366 e. The van der Waals surface area contributed by atoms with Gasteiger partial charge in [-0.1, -0.05) is 6.08 Å². The van der Waals surface area contributed by atoms with Crippen molar-refractivity contribution in [3.63, 3.8) is 0 Å². The van der Waals surface area contributed by atoms with Crippen LogP contribution in [0.25, 0.3) is 16.6 Å². The van der Waals surface area contributed by atoms with E-state index in [1.807, 2.05) is 19.3 Å². The molecule has 2 aromatic heterocycles. The maximum absolute atomic E-state index is 5.26. The van der Waals surface area contributed by atoms with Crippen LogP contribution in [0.4, 0.5) is 0 Å². The zero-order valence-electron chi connectivity index (χ0n) is 10.8. The van der Waals surface area contributed by atoms with Crippen LogP contribution in [-0.4, -0.2) is 40.1 Å². The molecule has 0 saturated carbocycles. The number of aromatic amines is 1. The quantitative estimate of drug-likeness (QED) is 0.781. The first-order valence-corrected chi connectivity index (χ1v) is 6.78. The van der Waals surface area contributed by atoms with Crippen molar-refractivity contribution in [2.75, 3.05) is 20.1 Å². The molecule has 2 N–H and O–H groups in total. The number of aromatic nitrogens is 2. The summed E-state index contributed by atoms with van der Waals surface area (Å²) in [7, 11) is 1.87. The Morgan fingerprint density at radius 2 is 2.42 bits per heavy atom. The number of nitrogens with zero attached hydrogens (tertiary/aromatic N) is 2. The van der Waals surface area contributed by atoms with Crippen LogP contribution >= 0.6 is 12.2 Å². The first-order valence-electron chi connectivity index (χ1n) is 6.38. The normalized spacial score (nSPS) is 15.4. The molecule has 3 heterocycles. The Morgan fingerprint density at radius 3 is 3.16 bits per heavy atom. The maximum atomic E-state index is 5.26. The summed E-state index contributed by atoms with van der Waals surface area (Å²) < 4.78 is 0. The Balaban J connectivity index is 1.88. The van der Waals surface area contributed by atoms with Gasteiger partial charge in [-0.05, 0) is 36.3 Å². The first-order chi connectivity index (χ1) is 9.29. The molecule has 0 spiro atoms. The van der Waals surface area contributed by atoms with Crippen molar-refractivity contribution in [3.8, 4) is 0 Å². The number of nitrogens with one attached hydrogen (secondary N) is 2. The fourth-order valence-electron chi connectivity index (χ4n) is 2.48. The van der Waals surface area contributed by atoms with E-state index >= 15 is 0 Å². The molecule has 0 unspecified atom stereocenters. The van der Waals surface area contributed by atoms with Crippen LogP contribution in [0.2, 0.25) is 0 Å². The van der Waals surface area contributed by atoms with Crippen molar-refractivity contribution < 1.29 is 0 Å². The fourth-order valence-corrected chi connectivity index (χ4v) is 2.64. The van der Waals surface area contributed by atoms with Crippen molar-refractivity contribution in [3.05, 3.63) is 36.2 Å². The van der Waals surface area contributed by atoms with Crippen molar-refractivity contribution in [1.29, 1.82) is 0 Å². The molecule has 98 valence electrons. The molecule has 0 aliphatic carbocycles. The highest BCUT2D eigenvalue weighted by atomic mass is 32.1. The predicted octanol–water partition coefficient (Wildman–Crippen LogP) is 2.16. The van der Waals surface area contributed by atoms with Crippen LogP contribution in [0.5, 0.6) is 0 Å². The number of thiocarbonyl (C=S) groups is 1. The van der Waals surface area contributed by atoms with Gasteiger partial charge >= 0.3 is 0 Å². The van der Waals surface area contributed by atoms with Crippen molar-refractivity contribution in [2.24, 2.45) is 0 Å². The summed E-state index contributed by atoms with van der Waals surface area (Å²) in [6, 6.07) is 4.09. The molecule has 0 saturated heterocycles. The van der Waals surface area contributed by atoms with Gasteiger partial charge in [0.25, 0.3) is 0 Å². The summed E-state index contributed by atoms with van der Waals surface area (Å²) in [6.45, 7) is 1.82. The topological polar surface area (TPSA) is 44.0 Å². The summed E-state index contributed by atoms with van der Waals surface area (Å²) >= 11 is 5.26. The van der Waals surface area contributed by atoms with Crippen LogP contribution in [0, 0.1) is 0 Å². The molecule has 3 rings (SSSR count). The van der Waals surface area contributed by atoms with Gasteiger partial charge in [0, 0.05) is 43.5 Å². The van der Waals surface area contributed by atoms with E-state index in [0.29, 0.717) is 0 Å². The van der Waals surface area contributed by atoms with Gasteiger partial charge in [-0.2, -0.15) is 0 Å². The van der Waals surface area contributed by atoms with Crippen LogP contribution in [0.1, 0.15) is 12.0 Å². The zero-order valence-corrected chi connectivity index (χ0v) is 11.6. The van der Waals surface area contributed by atoms with E-state index in [2.05, 4.69) is 38.5 Å². The van der Waals surface area contributed by atoms with Gasteiger partial charge in [-0.3, -0.25) is 0 Å². The number of pyridine rings is 1. The van der Waals surface area contributed by atoms with E-state index in [9.17, 15) is 0 Å². The smallest absolute Gasteiger partial charge is 0.168 e. The Bertz CT molecular complexity index is 644. The summed E-state index contributed by atoms with van der Waals surface area (Å²) in [6.07, 6.45) is 7.12. The minimum absolute atomic E-state index is 0.816. The molecule has 19 heavy (non-hydrogen) atoms. The fraction of sp³-hybridized carbons (Fsp3) is 0.286. The number of hydrogen-bond acceptors (Lipinski definition) is 2. The minimum atomic E-state index is 0.816. The van der Waals surface area contributed by atoms with Gasteiger partial charge in [0.15, 0.2) is 5.11 Å². The van der Waals surface area contributed by atoms with E-state index in [-0.39, 0.29) is 0 Å². The lowest BCUT2D eigenvalue weighted by Crippen LogP contribution is -2.40. The number of H-pyrrole nitrogens is 1. The molecule has 1 aliphatic rings. The molecule has 0 bridgehead atoms. The minimum Gasteiger partial charge on any atom is -0.366 e. The molecular formula is C14H16N4S. The standard InChI is InChI=1S/C14H16N4S/c1-15-14(19)18-7-4-10(5-8-18)12-9-17-13-11(12)3-2-6-16-13/h2-4,6,9H,5,7-8H2,1H3,(H,15,19)(H,16,17). The lowest BCUT2D eigenvalue weighted by atomic mass is 10.00. The average molecular weight is 272 g/mol. The Labute approximate surface area is 117 Å². The average Bonchev–Trinajstić information content (AvgIpc) is 2.90. The van der Waals surface area contributed by atoms with Crippen LogP contribution in [-0.2, 0) is 0 Å². The lowest BCUT2D eigenvalue weighted by Gasteiger charge is -2.28. The Kier molecular flexibility index (Phi) is 3.21. The third-order valence-corrected chi connectivity index (χ3v) is 3.97. The second-order valence-electron chi connectivity index (χ2n) is 4.58. The molecule has 0 radical (unpaired) electrons.